The van der Waals surface area contributed by atoms with Crippen molar-refractivity contribution in [1.82, 2.24) is 19.8 Å². The second kappa shape index (κ2) is 7.46. The second-order valence-corrected chi connectivity index (χ2v) is 7.74. The van der Waals surface area contributed by atoms with E-state index in [9.17, 15) is 15.0 Å². The Hall–Kier alpha value is -1.77. The van der Waals surface area contributed by atoms with Crippen LogP contribution in [0, 0.1) is 11.8 Å². The number of amides is 1. The lowest BCUT2D eigenvalue weighted by atomic mass is 9.79. The van der Waals surface area contributed by atoms with Crippen molar-refractivity contribution in [3.63, 3.8) is 0 Å². The Labute approximate surface area is 153 Å². The van der Waals surface area contributed by atoms with Gasteiger partial charge in [-0.15, -0.1) is 0 Å². The highest BCUT2D eigenvalue weighted by Crippen LogP contribution is 2.36. The van der Waals surface area contributed by atoms with E-state index in [-0.39, 0.29) is 5.91 Å². The van der Waals surface area contributed by atoms with Crippen molar-refractivity contribution in [3.05, 3.63) is 18.5 Å². The Kier molecular flexibility index (Phi) is 5.06. The smallest absolute Gasteiger partial charge is 0.236 e. The third kappa shape index (κ3) is 3.67. The number of aromatic nitrogens is 2. The molecule has 3 fully saturated rings. The van der Waals surface area contributed by atoms with Gasteiger partial charge >= 0.3 is 0 Å². The molecular weight excluding hydrogens is 334 g/mol. The van der Waals surface area contributed by atoms with Gasteiger partial charge in [0.25, 0.3) is 0 Å². The molecular formula is C18H27N5O3. The molecule has 0 radical (unpaired) electrons. The molecule has 2 aliphatic heterocycles. The van der Waals surface area contributed by atoms with Gasteiger partial charge in [0.05, 0.1) is 18.8 Å². The van der Waals surface area contributed by atoms with Gasteiger partial charge in [0.15, 0.2) is 0 Å². The van der Waals surface area contributed by atoms with Crippen LogP contribution in [0.2, 0.25) is 0 Å². The molecule has 0 aromatic carbocycles. The van der Waals surface area contributed by atoms with Crippen LogP contribution in [0.5, 0.6) is 0 Å². The lowest BCUT2D eigenvalue weighted by molar-refractivity contribution is -0.131. The summed E-state index contributed by atoms with van der Waals surface area (Å²) in [7, 11) is 0. The largest absolute Gasteiger partial charge is 0.390 e. The molecule has 2 saturated heterocycles. The number of hydrogen-bond acceptors (Lipinski definition) is 7. The minimum Gasteiger partial charge on any atom is -0.390 e. The van der Waals surface area contributed by atoms with Crippen LogP contribution in [-0.4, -0.2) is 93.9 Å². The fourth-order valence-electron chi connectivity index (χ4n) is 4.46. The van der Waals surface area contributed by atoms with Crippen LogP contribution in [0.25, 0.3) is 0 Å². The number of anilines is 1. The zero-order valence-corrected chi connectivity index (χ0v) is 14.9. The fraction of sp³-hybridized carbons (Fsp3) is 0.722. The van der Waals surface area contributed by atoms with Gasteiger partial charge in [-0.25, -0.2) is 9.97 Å². The van der Waals surface area contributed by atoms with Crippen molar-refractivity contribution in [2.75, 3.05) is 50.7 Å². The number of aliphatic hydroxyl groups excluding tert-OH is 2. The van der Waals surface area contributed by atoms with E-state index in [1.54, 1.807) is 12.4 Å². The van der Waals surface area contributed by atoms with Gasteiger partial charge in [-0.05, 0) is 30.7 Å². The van der Waals surface area contributed by atoms with Crippen LogP contribution in [0.1, 0.15) is 12.8 Å². The van der Waals surface area contributed by atoms with Crippen LogP contribution in [0.3, 0.4) is 0 Å². The maximum absolute atomic E-state index is 12.7. The number of likely N-dealkylation sites (tertiary alicyclic amines) is 1. The first-order valence-corrected chi connectivity index (χ1v) is 9.48. The number of carbonyl (C=O) groups excluding carboxylic acids is 1. The molecule has 3 heterocycles. The highest BCUT2D eigenvalue weighted by Gasteiger charge is 2.42. The lowest BCUT2D eigenvalue weighted by Gasteiger charge is -2.34. The van der Waals surface area contributed by atoms with Gasteiger partial charge in [-0.3, -0.25) is 9.69 Å². The molecule has 0 spiro atoms. The van der Waals surface area contributed by atoms with E-state index in [2.05, 4.69) is 19.8 Å². The van der Waals surface area contributed by atoms with Gasteiger partial charge in [0, 0.05) is 51.7 Å². The zero-order valence-electron chi connectivity index (χ0n) is 14.9. The number of fused-ring (bicyclic) bond motifs is 1. The first-order valence-electron chi connectivity index (χ1n) is 9.48. The van der Waals surface area contributed by atoms with Gasteiger partial charge in [-0.2, -0.15) is 0 Å². The minimum absolute atomic E-state index is 0.160. The predicted molar refractivity (Wildman–Crippen MR) is 95.5 cm³/mol. The fourth-order valence-corrected chi connectivity index (χ4v) is 4.46. The van der Waals surface area contributed by atoms with Crippen molar-refractivity contribution in [1.29, 1.82) is 0 Å². The number of piperazine rings is 1. The summed E-state index contributed by atoms with van der Waals surface area (Å²) in [5.74, 6) is 1.56. The van der Waals surface area contributed by atoms with Gasteiger partial charge in [-0.1, -0.05) is 0 Å². The standard InChI is InChI=1S/C18H27N5O3/c24-15-8-13-10-23(11-14(13)9-16(15)25)17(26)12-21-4-6-22(7-5-21)18-19-2-1-3-20-18/h1-3,13-16,24-25H,4-12H2/t13-,14+,15-,16-/m0/s1. The SMILES string of the molecule is O=C(CN1CCN(c2ncccn2)CC1)N1C[C@H]2C[C@H](O)[C@@H](O)C[C@H]2C1. The predicted octanol–water partition coefficient (Wildman–Crippen LogP) is -0.811. The van der Waals surface area contributed by atoms with Crippen LogP contribution in [-0.2, 0) is 4.79 Å². The van der Waals surface area contributed by atoms with E-state index < -0.39 is 12.2 Å². The number of rotatable bonds is 3. The first kappa shape index (κ1) is 17.6. The molecule has 0 unspecified atom stereocenters. The summed E-state index contributed by atoms with van der Waals surface area (Å²) in [5.41, 5.74) is 0. The van der Waals surface area contributed by atoms with Crippen molar-refractivity contribution in [3.8, 4) is 0 Å². The van der Waals surface area contributed by atoms with E-state index in [1.165, 1.54) is 0 Å². The van der Waals surface area contributed by atoms with Gasteiger partial charge in [0.2, 0.25) is 11.9 Å². The molecule has 142 valence electrons. The van der Waals surface area contributed by atoms with Crippen LogP contribution in [0.4, 0.5) is 5.95 Å². The van der Waals surface area contributed by atoms with Crippen LogP contribution >= 0.6 is 0 Å². The minimum atomic E-state index is -0.639. The van der Waals surface area contributed by atoms with Crippen molar-refractivity contribution in [2.45, 2.75) is 25.0 Å². The molecule has 1 aliphatic carbocycles. The number of aliphatic hydroxyl groups is 2. The Morgan fingerprint density at radius 2 is 1.58 bits per heavy atom. The third-order valence-corrected chi connectivity index (χ3v) is 6.03. The number of nitrogens with zero attached hydrogens (tertiary/aromatic N) is 5. The van der Waals surface area contributed by atoms with Crippen LogP contribution < -0.4 is 4.90 Å². The maximum Gasteiger partial charge on any atom is 0.236 e. The Bertz CT molecular complexity index is 605. The molecule has 8 heteroatoms. The summed E-state index contributed by atoms with van der Waals surface area (Å²) in [6.07, 6.45) is 3.42. The maximum atomic E-state index is 12.7. The Balaban J connectivity index is 1.26. The molecule has 1 aromatic rings. The molecule has 1 amide bonds. The summed E-state index contributed by atoms with van der Waals surface area (Å²) < 4.78 is 0. The van der Waals surface area contributed by atoms with Crippen LogP contribution in [0.15, 0.2) is 18.5 Å². The van der Waals surface area contributed by atoms with E-state index in [4.69, 9.17) is 0 Å². The zero-order chi connectivity index (χ0) is 18.1. The first-order chi connectivity index (χ1) is 12.6. The average Bonchev–Trinajstić information content (AvgIpc) is 3.06. The summed E-state index contributed by atoms with van der Waals surface area (Å²) in [5, 5.41) is 19.7. The third-order valence-electron chi connectivity index (χ3n) is 6.03. The molecule has 8 nitrogen and oxygen atoms in total. The van der Waals surface area contributed by atoms with E-state index in [1.807, 2.05) is 11.0 Å². The van der Waals surface area contributed by atoms with E-state index in [0.29, 0.717) is 44.3 Å². The highest BCUT2D eigenvalue weighted by atomic mass is 16.3. The summed E-state index contributed by atoms with van der Waals surface area (Å²) in [4.78, 5) is 27.5. The normalized spacial score (nSPS) is 32.5. The molecule has 4 atom stereocenters. The molecule has 1 saturated carbocycles. The highest BCUT2D eigenvalue weighted by molar-refractivity contribution is 5.78. The van der Waals surface area contributed by atoms with Crippen molar-refractivity contribution in [2.24, 2.45) is 11.8 Å². The summed E-state index contributed by atoms with van der Waals surface area (Å²) >= 11 is 0. The van der Waals surface area contributed by atoms with Gasteiger partial charge < -0.3 is 20.0 Å². The van der Waals surface area contributed by atoms with Crippen molar-refractivity contribution < 1.29 is 15.0 Å². The second-order valence-electron chi connectivity index (χ2n) is 7.74. The molecule has 26 heavy (non-hydrogen) atoms. The molecule has 3 aliphatic rings. The summed E-state index contributed by atoms with van der Waals surface area (Å²) in [6.45, 7) is 5.15. The number of hydrogen-bond donors (Lipinski definition) is 2. The van der Waals surface area contributed by atoms with Crippen molar-refractivity contribution >= 4 is 11.9 Å². The molecule has 2 N–H and O–H groups in total. The Morgan fingerprint density at radius 1 is 1.00 bits per heavy atom. The topological polar surface area (TPSA) is 93.0 Å². The summed E-state index contributed by atoms with van der Waals surface area (Å²) in [6, 6.07) is 1.81. The monoisotopic (exact) mass is 361 g/mol. The van der Waals surface area contributed by atoms with E-state index in [0.717, 1.165) is 32.1 Å². The molecule has 1 aromatic heterocycles. The lowest BCUT2D eigenvalue weighted by Crippen LogP contribution is -2.50. The quantitative estimate of drug-likeness (QED) is 0.727. The Morgan fingerprint density at radius 3 is 2.15 bits per heavy atom. The van der Waals surface area contributed by atoms with Gasteiger partial charge in [0.1, 0.15) is 0 Å². The number of carbonyl (C=O) groups is 1. The molecule has 4 rings (SSSR count). The molecule has 0 bridgehead atoms. The van der Waals surface area contributed by atoms with E-state index >= 15 is 0 Å². The average molecular weight is 361 g/mol.